The Bertz CT molecular complexity index is 425. The molecule has 0 saturated carbocycles. The average Bonchev–Trinajstić information content (AvgIpc) is 2.82. The zero-order chi connectivity index (χ0) is 13.8. The maximum atomic E-state index is 13.4. The highest BCUT2D eigenvalue weighted by molar-refractivity contribution is 5.31. The van der Waals surface area contributed by atoms with Crippen LogP contribution in [0, 0.1) is 5.82 Å². The van der Waals surface area contributed by atoms with Gasteiger partial charge in [0.1, 0.15) is 0 Å². The van der Waals surface area contributed by atoms with Gasteiger partial charge in [-0.2, -0.15) is 0 Å². The molecule has 3 nitrogen and oxygen atoms in total. The van der Waals surface area contributed by atoms with Gasteiger partial charge in [0.05, 0.1) is 7.11 Å². The van der Waals surface area contributed by atoms with Crippen LogP contribution >= 0.6 is 0 Å². The largest absolute Gasteiger partial charge is 0.494 e. The number of halogens is 1. The van der Waals surface area contributed by atoms with E-state index in [4.69, 9.17) is 4.74 Å². The molecule has 1 heterocycles. The first-order chi connectivity index (χ1) is 9.11. The summed E-state index contributed by atoms with van der Waals surface area (Å²) in [6.45, 7) is 4.25. The van der Waals surface area contributed by atoms with Gasteiger partial charge in [0.15, 0.2) is 11.6 Å². The Hall–Kier alpha value is -1.13. The van der Waals surface area contributed by atoms with E-state index in [0.29, 0.717) is 11.8 Å². The van der Waals surface area contributed by atoms with Crippen molar-refractivity contribution in [1.29, 1.82) is 0 Å². The van der Waals surface area contributed by atoms with Crippen molar-refractivity contribution in [3.63, 3.8) is 0 Å². The van der Waals surface area contributed by atoms with Gasteiger partial charge in [-0.1, -0.05) is 6.07 Å². The van der Waals surface area contributed by atoms with Gasteiger partial charge in [0.25, 0.3) is 0 Å². The Morgan fingerprint density at radius 3 is 2.95 bits per heavy atom. The van der Waals surface area contributed by atoms with Gasteiger partial charge >= 0.3 is 0 Å². The molecule has 1 aromatic rings. The Labute approximate surface area is 114 Å². The van der Waals surface area contributed by atoms with Gasteiger partial charge in [-0.25, -0.2) is 4.39 Å². The molecule has 106 valence electrons. The number of hydrogen-bond acceptors (Lipinski definition) is 3. The Morgan fingerprint density at radius 1 is 1.53 bits per heavy atom. The monoisotopic (exact) mass is 266 g/mol. The van der Waals surface area contributed by atoms with Crippen LogP contribution < -0.4 is 10.1 Å². The average molecular weight is 266 g/mol. The summed E-state index contributed by atoms with van der Waals surface area (Å²) in [4.78, 5) is 2.39. The van der Waals surface area contributed by atoms with Crippen molar-refractivity contribution in [2.45, 2.75) is 31.8 Å². The van der Waals surface area contributed by atoms with Gasteiger partial charge in [0, 0.05) is 18.6 Å². The molecule has 0 amide bonds. The van der Waals surface area contributed by atoms with Crippen molar-refractivity contribution in [2.75, 3.05) is 27.2 Å². The van der Waals surface area contributed by atoms with Gasteiger partial charge in [-0.05, 0) is 51.1 Å². The summed E-state index contributed by atoms with van der Waals surface area (Å²) in [6, 6.07) is 5.86. The molecule has 1 fully saturated rings. The van der Waals surface area contributed by atoms with E-state index < -0.39 is 0 Å². The van der Waals surface area contributed by atoms with Crippen LogP contribution in [0.2, 0.25) is 0 Å². The molecule has 4 heteroatoms. The fourth-order valence-corrected chi connectivity index (χ4v) is 2.61. The van der Waals surface area contributed by atoms with E-state index in [1.807, 2.05) is 6.07 Å². The number of hydrogen-bond donors (Lipinski definition) is 1. The van der Waals surface area contributed by atoms with E-state index in [9.17, 15) is 4.39 Å². The molecule has 2 atom stereocenters. The van der Waals surface area contributed by atoms with Crippen LogP contribution in [0.1, 0.15) is 31.4 Å². The van der Waals surface area contributed by atoms with E-state index in [2.05, 4.69) is 24.2 Å². The lowest BCUT2D eigenvalue weighted by molar-refractivity contribution is 0.293. The number of rotatable bonds is 5. The van der Waals surface area contributed by atoms with E-state index in [0.717, 1.165) is 12.1 Å². The smallest absolute Gasteiger partial charge is 0.165 e. The number of likely N-dealkylation sites (tertiary alicyclic amines) is 1. The summed E-state index contributed by atoms with van der Waals surface area (Å²) in [7, 11) is 3.67. The lowest BCUT2D eigenvalue weighted by atomic mass is 10.1. The van der Waals surface area contributed by atoms with Gasteiger partial charge < -0.3 is 15.0 Å². The van der Waals surface area contributed by atoms with Crippen LogP contribution in [-0.4, -0.2) is 38.2 Å². The highest BCUT2D eigenvalue weighted by Crippen LogP contribution is 2.23. The summed E-state index contributed by atoms with van der Waals surface area (Å²) in [6.07, 6.45) is 2.53. The SMILES string of the molecule is COc1cc(C(C)NCC2CCCN2C)ccc1F. The molecule has 1 aliphatic heterocycles. The third-order valence-electron chi connectivity index (χ3n) is 4.01. The normalized spacial score (nSPS) is 21.6. The number of benzene rings is 1. The second-order valence-electron chi connectivity index (χ2n) is 5.30. The summed E-state index contributed by atoms with van der Waals surface area (Å²) in [5.41, 5.74) is 1.05. The van der Waals surface area contributed by atoms with Gasteiger partial charge in [-0.3, -0.25) is 0 Å². The number of nitrogens with one attached hydrogen (secondary N) is 1. The first-order valence-electron chi connectivity index (χ1n) is 6.89. The zero-order valence-corrected chi connectivity index (χ0v) is 11.9. The van der Waals surface area contributed by atoms with E-state index in [1.165, 1.54) is 32.6 Å². The molecule has 0 spiro atoms. The van der Waals surface area contributed by atoms with Crippen molar-refractivity contribution in [3.05, 3.63) is 29.6 Å². The van der Waals surface area contributed by atoms with E-state index in [-0.39, 0.29) is 11.9 Å². The van der Waals surface area contributed by atoms with E-state index >= 15 is 0 Å². The van der Waals surface area contributed by atoms with Crippen LogP contribution in [0.5, 0.6) is 5.75 Å². The number of likely N-dealkylation sites (N-methyl/N-ethyl adjacent to an activating group) is 1. The second-order valence-corrected chi connectivity index (χ2v) is 5.30. The standard InChI is InChI=1S/C15H23FN2O/c1-11(17-10-13-5-4-8-18(13)2)12-6-7-14(16)15(9-12)19-3/h6-7,9,11,13,17H,4-5,8,10H2,1-3H3. The van der Waals surface area contributed by atoms with Crippen LogP contribution in [0.3, 0.4) is 0 Å². The predicted molar refractivity (Wildman–Crippen MR) is 75.0 cm³/mol. The Morgan fingerprint density at radius 2 is 2.32 bits per heavy atom. The van der Waals surface area contributed by atoms with Crippen molar-refractivity contribution < 1.29 is 9.13 Å². The minimum absolute atomic E-state index is 0.198. The zero-order valence-electron chi connectivity index (χ0n) is 11.9. The topological polar surface area (TPSA) is 24.5 Å². The second kappa shape index (κ2) is 6.35. The highest BCUT2D eigenvalue weighted by Gasteiger charge is 2.21. The maximum absolute atomic E-state index is 13.4. The number of ether oxygens (including phenoxy) is 1. The first kappa shape index (κ1) is 14.3. The fourth-order valence-electron chi connectivity index (χ4n) is 2.61. The van der Waals surface area contributed by atoms with E-state index in [1.54, 1.807) is 6.07 Å². The van der Waals surface area contributed by atoms with Crippen LogP contribution in [0.15, 0.2) is 18.2 Å². The molecule has 0 aromatic heterocycles. The van der Waals surface area contributed by atoms with Crippen molar-refractivity contribution in [3.8, 4) is 5.75 Å². The summed E-state index contributed by atoms with van der Waals surface area (Å²) >= 11 is 0. The summed E-state index contributed by atoms with van der Waals surface area (Å²) in [5.74, 6) is -0.00175. The summed E-state index contributed by atoms with van der Waals surface area (Å²) in [5, 5.41) is 3.52. The Balaban J connectivity index is 1.94. The Kier molecular flexibility index (Phi) is 4.77. The molecular weight excluding hydrogens is 243 g/mol. The van der Waals surface area contributed by atoms with Crippen LogP contribution in [-0.2, 0) is 0 Å². The minimum atomic E-state index is -0.311. The van der Waals surface area contributed by atoms with Crippen molar-refractivity contribution in [1.82, 2.24) is 10.2 Å². The van der Waals surface area contributed by atoms with Crippen molar-refractivity contribution >= 4 is 0 Å². The lowest BCUT2D eigenvalue weighted by Crippen LogP contribution is -2.36. The van der Waals surface area contributed by atoms with Gasteiger partial charge in [0.2, 0.25) is 0 Å². The molecule has 2 unspecified atom stereocenters. The molecule has 1 aliphatic rings. The van der Waals surface area contributed by atoms with Crippen LogP contribution in [0.4, 0.5) is 4.39 Å². The molecule has 0 bridgehead atoms. The van der Waals surface area contributed by atoms with Crippen molar-refractivity contribution in [2.24, 2.45) is 0 Å². The molecule has 1 saturated heterocycles. The summed E-state index contributed by atoms with van der Waals surface area (Å²) < 4.78 is 18.4. The molecule has 2 rings (SSSR count). The predicted octanol–water partition coefficient (Wildman–Crippen LogP) is 2.58. The third kappa shape index (κ3) is 3.45. The molecule has 19 heavy (non-hydrogen) atoms. The van der Waals surface area contributed by atoms with Gasteiger partial charge in [-0.15, -0.1) is 0 Å². The van der Waals surface area contributed by atoms with Crippen LogP contribution in [0.25, 0.3) is 0 Å². The lowest BCUT2D eigenvalue weighted by Gasteiger charge is -2.23. The maximum Gasteiger partial charge on any atom is 0.165 e. The molecule has 1 aromatic carbocycles. The molecule has 0 aliphatic carbocycles. The number of methoxy groups -OCH3 is 1. The first-order valence-corrected chi connectivity index (χ1v) is 6.89. The molecule has 0 radical (unpaired) electrons. The quantitative estimate of drug-likeness (QED) is 0.886. The fraction of sp³-hybridized carbons (Fsp3) is 0.600. The number of nitrogens with zero attached hydrogens (tertiary/aromatic N) is 1. The minimum Gasteiger partial charge on any atom is -0.494 e. The highest BCUT2D eigenvalue weighted by atomic mass is 19.1. The third-order valence-corrected chi connectivity index (χ3v) is 4.01. The molecular formula is C15H23FN2O. The molecule has 1 N–H and O–H groups in total.